The van der Waals surface area contributed by atoms with Crippen molar-refractivity contribution in [3.05, 3.63) is 35.4 Å². The zero-order valence-electron chi connectivity index (χ0n) is 11.0. The minimum Gasteiger partial charge on any atom is -0.308 e. The topological polar surface area (TPSA) is 56.2 Å². The quantitative estimate of drug-likeness (QED) is 0.845. The average molecular weight is 245 g/mol. The molecule has 4 heteroatoms. The molecule has 96 valence electrons. The minimum absolute atomic E-state index is 0.0720. The maximum absolute atomic E-state index is 11.9. The lowest BCUT2D eigenvalue weighted by atomic mass is 9.97. The number of aryl methyl sites for hydroxylation is 1. The van der Waals surface area contributed by atoms with Crippen molar-refractivity contribution >= 4 is 11.9 Å². The van der Waals surface area contributed by atoms with E-state index in [0.717, 1.165) is 12.0 Å². The summed E-state index contributed by atoms with van der Waals surface area (Å²) in [6.07, 6.45) is 0.903. The van der Waals surface area contributed by atoms with E-state index in [1.807, 2.05) is 32.0 Å². The van der Waals surface area contributed by atoms with Crippen molar-refractivity contribution in [2.75, 3.05) is 0 Å². The van der Waals surface area contributed by atoms with Crippen LogP contribution in [0.3, 0.4) is 0 Å². The highest BCUT2D eigenvalue weighted by Crippen LogP contribution is 2.30. The molecule has 0 spiro atoms. The Kier molecular flexibility index (Phi) is 3.36. The fourth-order valence-corrected chi connectivity index (χ4v) is 2.47. The first-order chi connectivity index (χ1) is 8.56. The number of hydrogen-bond donors (Lipinski definition) is 2. The van der Waals surface area contributed by atoms with Gasteiger partial charge < -0.3 is 4.90 Å². The molecule has 1 aromatic rings. The maximum Gasteiger partial charge on any atom is 0.323 e. The number of rotatable bonds is 3. The minimum atomic E-state index is -0.270. The largest absolute Gasteiger partial charge is 0.323 e. The summed E-state index contributed by atoms with van der Waals surface area (Å²) in [6.45, 7) is 6.03. The van der Waals surface area contributed by atoms with E-state index in [1.54, 1.807) is 4.90 Å². The number of amidine groups is 1. The van der Waals surface area contributed by atoms with E-state index in [-0.39, 0.29) is 24.0 Å². The molecular formula is C14H19N3O. The molecule has 18 heavy (non-hydrogen) atoms. The molecule has 1 atom stereocenters. The number of carbonyl (C=O) groups is 1. The van der Waals surface area contributed by atoms with Crippen LogP contribution in [0.15, 0.2) is 24.3 Å². The van der Waals surface area contributed by atoms with Crippen LogP contribution >= 0.6 is 0 Å². The first-order valence-corrected chi connectivity index (χ1v) is 6.31. The molecule has 4 nitrogen and oxygen atoms in total. The molecule has 2 N–H and O–H groups in total. The molecule has 1 aliphatic heterocycles. The van der Waals surface area contributed by atoms with E-state index >= 15 is 0 Å². The molecule has 1 fully saturated rings. The molecule has 0 aromatic heterocycles. The zero-order chi connectivity index (χ0) is 13.3. The first-order valence-electron chi connectivity index (χ1n) is 6.31. The van der Waals surface area contributed by atoms with Gasteiger partial charge >= 0.3 is 6.03 Å². The zero-order valence-corrected chi connectivity index (χ0v) is 11.0. The Balaban J connectivity index is 2.47. The van der Waals surface area contributed by atoms with Crippen molar-refractivity contribution in [3.8, 4) is 0 Å². The third-order valence-corrected chi connectivity index (χ3v) is 3.31. The van der Waals surface area contributed by atoms with Crippen LogP contribution in [0.25, 0.3) is 0 Å². The Hall–Kier alpha value is -1.84. The Morgan fingerprint density at radius 3 is 2.67 bits per heavy atom. The van der Waals surface area contributed by atoms with E-state index in [4.69, 9.17) is 5.41 Å². The molecule has 1 unspecified atom stereocenters. The normalized spacial score (nSPS) is 19.6. The van der Waals surface area contributed by atoms with Crippen LogP contribution in [0, 0.1) is 5.41 Å². The Labute approximate surface area is 108 Å². The van der Waals surface area contributed by atoms with Crippen LogP contribution in [0.4, 0.5) is 4.79 Å². The summed E-state index contributed by atoms with van der Waals surface area (Å²) in [4.78, 5) is 13.6. The highest BCUT2D eigenvalue weighted by molar-refractivity contribution is 6.06. The van der Waals surface area contributed by atoms with Crippen molar-refractivity contribution in [1.82, 2.24) is 10.2 Å². The standard InChI is InChI=1S/C14H19N3O/c1-4-10-7-5-6-8-11(10)12-13(15)16-14(18)17(12)9(2)3/h5-9,12H,4H2,1-3H3,(H2,15,16,18). The Bertz CT molecular complexity index is 482. The Morgan fingerprint density at radius 2 is 2.06 bits per heavy atom. The molecule has 1 heterocycles. The summed E-state index contributed by atoms with van der Waals surface area (Å²) in [5.74, 6) is 0.273. The lowest BCUT2D eigenvalue weighted by molar-refractivity contribution is 0.190. The van der Waals surface area contributed by atoms with Gasteiger partial charge in [-0.15, -0.1) is 0 Å². The fourth-order valence-electron chi connectivity index (χ4n) is 2.47. The average Bonchev–Trinajstić information content (AvgIpc) is 2.64. The van der Waals surface area contributed by atoms with Crippen molar-refractivity contribution in [2.24, 2.45) is 0 Å². The van der Waals surface area contributed by atoms with Gasteiger partial charge in [-0.05, 0) is 31.4 Å². The summed E-state index contributed by atoms with van der Waals surface area (Å²) in [7, 11) is 0. The van der Waals surface area contributed by atoms with E-state index in [2.05, 4.69) is 18.3 Å². The summed E-state index contributed by atoms with van der Waals surface area (Å²) in [5.41, 5.74) is 2.24. The van der Waals surface area contributed by atoms with E-state index < -0.39 is 0 Å². The van der Waals surface area contributed by atoms with Crippen molar-refractivity contribution < 1.29 is 4.79 Å². The summed E-state index contributed by atoms with van der Waals surface area (Å²) < 4.78 is 0. The predicted octanol–water partition coefficient (Wildman–Crippen LogP) is 2.70. The monoisotopic (exact) mass is 245 g/mol. The van der Waals surface area contributed by atoms with Gasteiger partial charge in [-0.1, -0.05) is 31.2 Å². The molecule has 1 saturated heterocycles. The van der Waals surface area contributed by atoms with Gasteiger partial charge in [0, 0.05) is 6.04 Å². The van der Waals surface area contributed by atoms with Crippen molar-refractivity contribution in [1.29, 1.82) is 5.41 Å². The number of benzene rings is 1. The van der Waals surface area contributed by atoms with Crippen LogP contribution in [-0.4, -0.2) is 22.8 Å². The lowest BCUT2D eigenvalue weighted by Gasteiger charge is -2.28. The highest BCUT2D eigenvalue weighted by Gasteiger charge is 2.38. The summed E-state index contributed by atoms with van der Waals surface area (Å²) in [5, 5.41) is 10.6. The summed E-state index contributed by atoms with van der Waals surface area (Å²) >= 11 is 0. The van der Waals surface area contributed by atoms with E-state index in [1.165, 1.54) is 5.56 Å². The third-order valence-electron chi connectivity index (χ3n) is 3.31. The van der Waals surface area contributed by atoms with Gasteiger partial charge in [-0.3, -0.25) is 10.7 Å². The molecular weight excluding hydrogens is 226 g/mol. The second-order valence-corrected chi connectivity index (χ2v) is 4.80. The second kappa shape index (κ2) is 4.80. The molecule has 0 radical (unpaired) electrons. The number of nitrogens with zero attached hydrogens (tertiary/aromatic N) is 1. The molecule has 0 aliphatic carbocycles. The number of carbonyl (C=O) groups excluding carboxylic acids is 1. The molecule has 2 amide bonds. The van der Waals surface area contributed by atoms with Crippen LogP contribution in [0.5, 0.6) is 0 Å². The predicted molar refractivity (Wildman–Crippen MR) is 71.8 cm³/mol. The first kappa shape index (κ1) is 12.6. The van der Waals surface area contributed by atoms with Gasteiger partial charge in [-0.25, -0.2) is 4.79 Å². The SMILES string of the molecule is CCc1ccccc1C1C(=N)NC(=O)N1C(C)C. The fraction of sp³-hybridized carbons (Fsp3) is 0.429. The Morgan fingerprint density at radius 1 is 1.39 bits per heavy atom. The molecule has 0 saturated carbocycles. The molecule has 1 aliphatic rings. The third kappa shape index (κ3) is 1.98. The molecule has 1 aromatic carbocycles. The number of urea groups is 1. The van der Waals surface area contributed by atoms with E-state index in [9.17, 15) is 4.79 Å². The lowest BCUT2D eigenvalue weighted by Crippen LogP contribution is -2.36. The van der Waals surface area contributed by atoms with Gasteiger partial charge in [0.2, 0.25) is 0 Å². The number of nitrogens with one attached hydrogen (secondary N) is 2. The van der Waals surface area contributed by atoms with Crippen LogP contribution < -0.4 is 5.32 Å². The van der Waals surface area contributed by atoms with Gasteiger partial charge in [0.15, 0.2) is 0 Å². The molecule has 2 rings (SSSR count). The number of amides is 2. The van der Waals surface area contributed by atoms with Crippen LogP contribution in [0.2, 0.25) is 0 Å². The summed E-state index contributed by atoms with van der Waals surface area (Å²) in [6, 6.07) is 7.65. The van der Waals surface area contributed by atoms with Crippen molar-refractivity contribution in [2.45, 2.75) is 39.3 Å². The maximum atomic E-state index is 11.9. The van der Waals surface area contributed by atoms with Crippen molar-refractivity contribution in [3.63, 3.8) is 0 Å². The highest BCUT2D eigenvalue weighted by atomic mass is 16.2. The van der Waals surface area contributed by atoms with Gasteiger partial charge in [0.05, 0.1) is 0 Å². The number of hydrogen-bond acceptors (Lipinski definition) is 2. The van der Waals surface area contributed by atoms with Crippen LogP contribution in [0.1, 0.15) is 37.9 Å². The smallest absolute Gasteiger partial charge is 0.308 e. The van der Waals surface area contributed by atoms with Crippen LogP contribution in [-0.2, 0) is 6.42 Å². The van der Waals surface area contributed by atoms with Gasteiger partial charge in [0.1, 0.15) is 11.9 Å². The van der Waals surface area contributed by atoms with Gasteiger partial charge in [0.25, 0.3) is 0 Å². The molecule has 0 bridgehead atoms. The second-order valence-electron chi connectivity index (χ2n) is 4.80. The van der Waals surface area contributed by atoms with Gasteiger partial charge in [-0.2, -0.15) is 0 Å². The van der Waals surface area contributed by atoms with E-state index in [0.29, 0.717) is 0 Å².